The molecule has 1 aromatic rings. The van der Waals surface area contributed by atoms with Crippen LogP contribution in [0.25, 0.3) is 0 Å². The Kier molecular flexibility index (Phi) is 5.00. The van der Waals surface area contributed by atoms with E-state index >= 15 is 0 Å². The van der Waals surface area contributed by atoms with Gasteiger partial charge in [0.2, 0.25) is 0 Å². The van der Waals surface area contributed by atoms with Gasteiger partial charge in [0.05, 0.1) is 23.8 Å². The van der Waals surface area contributed by atoms with E-state index in [9.17, 15) is 9.18 Å². The molecule has 2 N–H and O–H groups in total. The summed E-state index contributed by atoms with van der Waals surface area (Å²) in [6, 6.07) is 3.87. The lowest BCUT2D eigenvalue weighted by Crippen LogP contribution is -3.17. The summed E-state index contributed by atoms with van der Waals surface area (Å²) in [7, 11) is 0. The Bertz CT molecular complexity index is 487. The first-order chi connectivity index (χ1) is 9.47. The summed E-state index contributed by atoms with van der Waals surface area (Å²) >= 11 is 5.92. The first kappa shape index (κ1) is 15.3. The highest BCUT2D eigenvalue weighted by Gasteiger charge is 2.28. The molecule has 0 aromatic heterocycles. The van der Waals surface area contributed by atoms with Crippen LogP contribution >= 0.6 is 11.6 Å². The SMILES string of the molecule is CC1CC[NH+]([C@H](C)C(=O)Nc2ccc(F)cc2Cl)CC1. The summed E-state index contributed by atoms with van der Waals surface area (Å²) in [6.45, 7) is 6.22. The fourth-order valence-electron chi connectivity index (χ4n) is 2.58. The van der Waals surface area contributed by atoms with E-state index in [2.05, 4.69) is 12.2 Å². The van der Waals surface area contributed by atoms with Crippen molar-refractivity contribution in [3.63, 3.8) is 0 Å². The highest BCUT2D eigenvalue weighted by Crippen LogP contribution is 2.22. The van der Waals surface area contributed by atoms with Gasteiger partial charge in [0.25, 0.3) is 5.91 Å². The van der Waals surface area contributed by atoms with Gasteiger partial charge in [-0.2, -0.15) is 0 Å². The molecule has 3 nitrogen and oxygen atoms in total. The number of nitrogens with one attached hydrogen (secondary N) is 2. The molecule has 0 unspecified atom stereocenters. The van der Waals surface area contributed by atoms with Gasteiger partial charge < -0.3 is 10.2 Å². The largest absolute Gasteiger partial charge is 0.325 e. The number of rotatable bonds is 3. The second kappa shape index (κ2) is 6.55. The average molecular weight is 300 g/mol. The number of carbonyl (C=O) groups excluding carboxylic acids is 1. The average Bonchev–Trinajstić information content (AvgIpc) is 2.42. The number of anilines is 1. The maximum Gasteiger partial charge on any atom is 0.282 e. The molecule has 1 aromatic carbocycles. The van der Waals surface area contributed by atoms with Crippen molar-refractivity contribution in [2.75, 3.05) is 18.4 Å². The van der Waals surface area contributed by atoms with Gasteiger partial charge in [0.15, 0.2) is 6.04 Å². The van der Waals surface area contributed by atoms with Crippen LogP contribution in [0.1, 0.15) is 26.7 Å². The zero-order chi connectivity index (χ0) is 14.7. The topological polar surface area (TPSA) is 33.5 Å². The van der Waals surface area contributed by atoms with E-state index in [-0.39, 0.29) is 17.0 Å². The minimum atomic E-state index is -0.406. The lowest BCUT2D eigenvalue weighted by Gasteiger charge is -2.31. The summed E-state index contributed by atoms with van der Waals surface area (Å²) < 4.78 is 13.0. The predicted octanol–water partition coefficient (Wildman–Crippen LogP) is 2.12. The molecule has 1 atom stereocenters. The molecular formula is C15H21ClFN2O+. The smallest absolute Gasteiger partial charge is 0.282 e. The normalized spacial score (nSPS) is 24.2. The van der Waals surface area contributed by atoms with Gasteiger partial charge in [-0.05, 0) is 43.9 Å². The quantitative estimate of drug-likeness (QED) is 0.881. The molecule has 5 heteroatoms. The van der Waals surface area contributed by atoms with Crippen LogP contribution in [-0.2, 0) is 4.79 Å². The van der Waals surface area contributed by atoms with Crippen LogP contribution in [0.3, 0.4) is 0 Å². The molecule has 20 heavy (non-hydrogen) atoms. The van der Waals surface area contributed by atoms with Gasteiger partial charge >= 0.3 is 0 Å². The summed E-state index contributed by atoms with van der Waals surface area (Å²) in [5.41, 5.74) is 0.467. The number of hydrogen-bond acceptors (Lipinski definition) is 1. The van der Waals surface area contributed by atoms with Gasteiger partial charge in [-0.25, -0.2) is 4.39 Å². The lowest BCUT2D eigenvalue weighted by atomic mass is 9.98. The molecule has 110 valence electrons. The number of hydrogen-bond donors (Lipinski definition) is 2. The monoisotopic (exact) mass is 299 g/mol. The van der Waals surface area contributed by atoms with Crippen molar-refractivity contribution in [2.45, 2.75) is 32.7 Å². The van der Waals surface area contributed by atoms with Crippen molar-refractivity contribution in [1.82, 2.24) is 0 Å². The summed E-state index contributed by atoms with van der Waals surface area (Å²) in [5.74, 6) is 0.278. The zero-order valence-corrected chi connectivity index (χ0v) is 12.6. The van der Waals surface area contributed by atoms with Crippen LogP contribution in [0.15, 0.2) is 18.2 Å². The third-order valence-corrected chi connectivity index (χ3v) is 4.42. The second-order valence-corrected chi connectivity index (χ2v) is 6.08. The van der Waals surface area contributed by atoms with E-state index < -0.39 is 5.82 Å². The molecule has 0 spiro atoms. The number of benzene rings is 1. The number of carbonyl (C=O) groups is 1. The minimum absolute atomic E-state index is 0.0666. The third kappa shape index (κ3) is 3.70. The number of halogens is 2. The van der Waals surface area contributed by atoms with E-state index in [4.69, 9.17) is 11.6 Å². The Morgan fingerprint density at radius 1 is 1.45 bits per heavy atom. The molecule has 1 fully saturated rings. The number of likely N-dealkylation sites (tertiary alicyclic amines) is 1. The van der Waals surface area contributed by atoms with Crippen LogP contribution in [-0.4, -0.2) is 25.0 Å². The van der Waals surface area contributed by atoms with Crippen molar-refractivity contribution in [3.05, 3.63) is 29.0 Å². The Morgan fingerprint density at radius 2 is 2.10 bits per heavy atom. The first-order valence-electron chi connectivity index (χ1n) is 7.08. The zero-order valence-electron chi connectivity index (χ0n) is 11.9. The molecule has 1 aliphatic heterocycles. The minimum Gasteiger partial charge on any atom is -0.325 e. The maximum atomic E-state index is 13.0. The number of piperidine rings is 1. The van der Waals surface area contributed by atoms with Gasteiger partial charge in [0, 0.05) is 0 Å². The highest BCUT2D eigenvalue weighted by atomic mass is 35.5. The van der Waals surface area contributed by atoms with E-state index in [1.54, 1.807) is 0 Å². The van der Waals surface area contributed by atoms with Crippen molar-refractivity contribution in [2.24, 2.45) is 5.92 Å². The standard InChI is InChI=1S/C15H20ClFN2O/c1-10-5-7-19(8-6-10)11(2)15(20)18-14-4-3-12(17)9-13(14)16/h3-4,9-11H,5-8H2,1-2H3,(H,18,20)/p+1/t11-/m1/s1. The van der Waals surface area contributed by atoms with Gasteiger partial charge in [-0.1, -0.05) is 18.5 Å². The molecule has 1 saturated heterocycles. The lowest BCUT2D eigenvalue weighted by molar-refractivity contribution is -0.919. The van der Waals surface area contributed by atoms with Gasteiger partial charge in [0.1, 0.15) is 5.82 Å². The van der Waals surface area contributed by atoms with Crippen molar-refractivity contribution in [3.8, 4) is 0 Å². The van der Waals surface area contributed by atoms with Crippen LogP contribution in [0.5, 0.6) is 0 Å². The summed E-state index contributed by atoms with van der Waals surface area (Å²) in [4.78, 5) is 13.6. The fraction of sp³-hybridized carbons (Fsp3) is 0.533. The van der Waals surface area contributed by atoms with Crippen LogP contribution in [0.4, 0.5) is 10.1 Å². The van der Waals surface area contributed by atoms with Crippen molar-refractivity contribution in [1.29, 1.82) is 0 Å². The molecule has 0 bridgehead atoms. The number of quaternary nitrogens is 1. The van der Waals surface area contributed by atoms with Crippen molar-refractivity contribution >= 4 is 23.2 Å². The van der Waals surface area contributed by atoms with Crippen molar-refractivity contribution < 1.29 is 14.1 Å². The summed E-state index contributed by atoms with van der Waals surface area (Å²) in [5, 5.41) is 3.02. The van der Waals surface area contributed by atoms with E-state index in [1.165, 1.54) is 23.1 Å². The van der Waals surface area contributed by atoms with Gasteiger partial charge in [-0.3, -0.25) is 4.79 Å². The van der Waals surface area contributed by atoms with E-state index in [0.717, 1.165) is 31.8 Å². The molecular weight excluding hydrogens is 279 g/mol. The molecule has 1 aliphatic rings. The molecule has 0 radical (unpaired) electrons. The third-order valence-electron chi connectivity index (χ3n) is 4.11. The Labute approximate surface area is 124 Å². The molecule has 1 heterocycles. The molecule has 2 rings (SSSR count). The van der Waals surface area contributed by atoms with Crippen LogP contribution < -0.4 is 10.2 Å². The van der Waals surface area contributed by atoms with Crippen LogP contribution in [0, 0.1) is 11.7 Å². The Balaban J connectivity index is 1.97. The highest BCUT2D eigenvalue weighted by molar-refractivity contribution is 6.33. The predicted molar refractivity (Wildman–Crippen MR) is 78.6 cm³/mol. The molecule has 0 saturated carbocycles. The fourth-order valence-corrected chi connectivity index (χ4v) is 2.80. The van der Waals surface area contributed by atoms with E-state index in [1.807, 2.05) is 6.92 Å². The molecule has 1 amide bonds. The Hall–Kier alpha value is -1.13. The second-order valence-electron chi connectivity index (χ2n) is 5.68. The molecule has 0 aliphatic carbocycles. The van der Waals surface area contributed by atoms with Crippen LogP contribution in [0.2, 0.25) is 5.02 Å². The van der Waals surface area contributed by atoms with E-state index in [0.29, 0.717) is 5.69 Å². The van der Waals surface area contributed by atoms with Gasteiger partial charge in [-0.15, -0.1) is 0 Å². The summed E-state index contributed by atoms with van der Waals surface area (Å²) in [6.07, 6.45) is 2.31. The first-order valence-corrected chi connectivity index (χ1v) is 7.45. The number of amides is 1. The Morgan fingerprint density at radius 3 is 2.70 bits per heavy atom. The maximum absolute atomic E-state index is 13.0.